The van der Waals surface area contributed by atoms with Gasteiger partial charge >= 0.3 is 37.7 Å². The van der Waals surface area contributed by atoms with Gasteiger partial charge in [-0.15, -0.1) is 0 Å². The second-order valence-corrected chi connectivity index (χ2v) is 1.30. The Kier molecular flexibility index (Phi) is 15.7. The van der Waals surface area contributed by atoms with Gasteiger partial charge in [0, 0.05) is 20.1 Å². The van der Waals surface area contributed by atoms with Crippen LogP contribution in [0.2, 0.25) is 0 Å². The number of aldehydes is 1. The molecular formula is C5H12CaO2. The Bertz CT molecular complexity index is 54.9. The number of hydrogen-bond acceptors (Lipinski definition) is 2. The molecule has 3 heteroatoms. The topological polar surface area (TPSA) is 26.3 Å². The minimum atomic E-state index is 0. The second kappa shape index (κ2) is 10.8. The molecule has 0 heterocycles. The number of unbranched alkanes of at least 4 members (excludes halogenated alkanes) is 1. The normalized spacial score (nSPS) is 7.62. The summed E-state index contributed by atoms with van der Waals surface area (Å²) in [7, 11) is 1.63. The van der Waals surface area contributed by atoms with Gasteiger partial charge in [0.2, 0.25) is 0 Å². The van der Waals surface area contributed by atoms with E-state index in [0.29, 0.717) is 13.0 Å². The zero-order valence-electron chi connectivity index (χ0n) is 7.22. The predicted molar refractivity (Wildman–Crippen MR) is 35.2 cm³/mol. The van der Waals surface area contributed by atoms with E-state index in [1.54, 1.807) is 7.11 Å². The molecule has 0 saturated heterocycles. The molecule has 0 aliphatic heterocycles. The van der Waals surface area contributed by atoms with E-state index in [-0.39, 0.29) is 40.6 Å². The van der Waals surface area contributed by atoms with Crippen molar-refractivity contribution in [2.24, 2.45) is 0 Å². The summed E-state index contributed by atoms with van der Waals surface area (Å²) in [6.45, 7) is 0.693. The third-order valence-corrected chi connectivity index (χ3v) is 0.670. The van der Waals surface area contributed by atoms with E-state index >= 15 is 0 Å². The minimum absolute atomic E-state index is 0. The summed E-state index contributed by atoms with van der Waals surface area (Å²) in [6.07, 6.45) is 2.37. The number of carbonyl (C=O) groups excluding carboxylic acids is 1. The maximum atomic E-state index is 9.62. The summed E-state index contributed by atoms with van der Waals surface area (Å²) < 4.78 is 4.69. The first kappa shape index (κ1) is 11.7. The molecule has 0 spiro atoms. The smallest absolute Gasteiger partial charge is 1.00 e. The third kappa shape index (κ3) is 10.00. The fourth-order valence-electron chi connectivity index (χ4n) is 0.311. The van der Waals surface area contributed by atoms with Crippen molar-refractivity contribution in [3.05, 3.63) is 0 Å². The largest absolute Gasteiger partial charge is 2.00 e. The summed E-state index contributed by atoms with van der Waals surface area (Å²) in [6, 6.07) is 0. The first-order valence-electron chi connectivity index (χ1n) is 2.34. The monoisotopic (exact) mass is 144 g/mol. The minimum Gasteiger partial charge on any atom is -1.00 e. The van der Waals surface area contributed by atoms with Crippen molar-refractivity contribution < 1.29 is 12.4 Å². The van der Waals surface area contributed by atoms with Crippen molar-refractivity contribution in [2.45, 2.75) is 12.8 Å². The Morgan fingerprint density at radius 1 is 1.75 bits per heavy atom. The first-order chi connectivity index (χ1) is 3.41. The maximum Gasteiger partial charge on any atom is 2.00 e. The van der Waals surface area contributed by atoms with Crippen LogP contribution in [0.5, 0.6) is 0 Å². The van der Waals surface area contributed by atoms with Crippen molar-refractivity contribution in [1.82, 2.24) is 0 Å². The average molecular weight is 144 g/mol. The summed E-state index contributed by atoms with van der Waals surface area (Å²) in [4.78, 5) is 9.62. The quantitative estimate of drug-likeness (QED) is 0.325. The molecule has 0 aromatic heterocycles. The van der Waals surface area contributed by atoms with Gasteiger partial charge in [-0.2, -0.15) is 0 Å². The molecule has 0 radical (unpaired) electrons. The van der Waals surface area contributed by atoms with Crippen molar-refractivity contribution in [2.75, 3.05) is 13.7 Å². The number of rotatable bonds is 4. The van der Waals surface area contributed by atoms with Gasteiger partial charge in [0.15, 0.2) is 0 Å². The molecule has 0 rings (SSSR count). The van der Waals surface area contributed by atoms with Crippen LogP contribution in [0.4, 0.5) is 0 Å². The van der Waals surface area contributed by atoms with Crippen LogP contribution in [0.25, 0.3) is 0 Å². The Balaban J connectivity index is -0.0000000600. The van der Waals surface area contributed by atoms with Gasteiger partial charge in [0.05, 0.1) is 0 Å². The zero-order valence-corrected chi connectivity index (χ0v) is 7.43. The van der Waals surface area contributed by atoms with E-state index < -0.39 is 0 Å². The van der Waals surface area contributed by atoms with Gasteiger partial charge < -0.3 is 12.4 Å². The molecule has 0 aromatic carbocycles. The molecule has 0 amide bonds. The van der Waals surface area contributed by atoms with Gasteiger partial charge in [-0.3, -0.25) is 0 Å². The number of carbonyl (C=O) groups is 1. The Hall–Kier alpha value is 0.890. The maximum absolute atomic E-state index is 9.62. The molecule has 0 saturated carbocycles. The van der Waals surface area contributed by atoms with Crippen molar-refractivity contribution in [1.29, 1.82) is 0 Å². The molecule has 0 aromatic rings. The van der Waals surface area contributed by atoms with Crippen LogP contribution >= 0.6 is 0 Å². The predicted octanol–water partition coefficient (Wildman–Crippen LogP) is 0.456. The van der Waals surface area contributed by atoms with Crippen LogP contribution in [0.3, 0.4) is 0 Å². The van der Waals surface area contributed by atoms with Crippen molar-refractivity contribution >= 4 is 44.0 Å². The van der Waals surface area contributed by atoms with Crippen LogP contribution in [-0.2, 0) is 9.53 Å². The number of hydrogen-bond donors (Lipinski definition) is 0. The van der Waals surface area contributed by atoms with Gasteiger partial charge in [-0.1, -0.05) is 0 Å². The summed E-state index contributed by atoms with van der Waals surface area (Å²) >= 11 is 0. The van der Waals surface area contributed by atoms with E-state index in [1.807, 2.05) is 0 Å². The summed E-state index contributed by atoms with van der Waals surface area (Å²) in [5, 5.41) is 0. The van der Waals surface area contributed by atoms with Gasteiger partial charge in [-0.05, 0) is 6.42 Å². The van der Waals surface area contributed by atoms with E-state index in [1.165, 1.54) is 0 Å². The molecule has 0 atom stereocenters. The van der Waals surface area contributed by atoms with Crippen molar-refractivity contribution in [3.8, 4) is 0 Å². The SMILES string of the molecule is COCCCC=O.[Ca+2].[H-].[H-]. The average Bonchev–Trinajstić information content (AvgIpc) is 1.69. The van der Waals surface area contributed by atoms with Crippen LogP contribution in [0.1, 0.15) is 15.7 Å². The van der Waals surface area contributed by atoms with E-state index in [4.69, 9.17) is 0 Å². The molecule has 0 aliphatic rings. The van der Waals surface area contributed by atoms with E-state index in [0.717, 1.165) is 12.7 Å². The van der Waals surface area contributed by atoms with Gasteiger partial charge in [0.25, 0.3) is 0 Å². The van der Waals surface area contributed by atoms with Gasteiger partial charge in [-0.25, -0.2) is 0 Å². The molecule has 46 valence electrons. The molecule has 0 fully saturated rings. The summed E-state index contributed by atoms with van der Waals surface area (Å²) in [5.41, 5.74) is 0. The molecule has 0 unspecified atom stereocenters. The van der Waals surface area contributed by atoms with Crippen LogP contribution in [-0.4, -0.2) is 57.7 Å². The van der Waals surface area contributed by atoms with Crippen LogP contribution in [0, 0.1) is 0 Å². The molecule has 0 bridgehead atoms. The molecule has 2 nitrogen and oxygen atoms in total. The first-order valence-corrected chi connectivity index (χ1v) is 2.34. The standard InChI is InChI=1S/C5H10O2.Ca.2H/c1-7-5-3-2-4-6;;;/h4H,2-3,5H2,1H3;;;/q;+2;2*-1. The zero-order chi connectivity index (χ0) is 5.54. The molecule has 8 heavy (non-hydrogen) atoms. The third-order valence-electron chi connectivity index (χ3n) is 0.670. The van der Waals surface area contributed by atoms with Crippen molar-refractivity contribution in [3.63, 3.8) is 0 Å². The number of ether oxygens (including phenoxy) is 1. The molecular weight excluding hydrogens is 132 g/mol. The van der Waals surface area contributed by atoms with E-state index in [9.17, 15) is 4.79 Å². The van der Waals surface area contributed by atoms with Crippen LogP contribution in [0.15, 0.2) is 0 Å². The fraction of sp³-hybridized carbons (Fsp3) is 0.800. The summed E-state index contributed by atoms with van der Waals surface area (Å²) in [5.74, 6) is 0. The molecule has 0 aliphatic carbocycles. The van der Waals surface area contributed by atoms with Gasteiger partial charge in [0.1, 0.15) is 6.29 Å². The van der Waals surface area contributed by atoms with E-state index in [2.05, 4.69) is 4.74 Å². The van der Waals surface area contributed by atoms with Crippen LogP contribution < -0.4 is 0 Å². The Morgan fingerprint density at radius 2 is 2.38 bits per heavy atom. The fourth-order valence-corrected chi connectivity index (χ4v) is 0.311. The number of methoxy groups -OCH3 is 1. The molecule has 0 N–H and O–H groups in total. The Morgan fingerprint density at radius 3 is 2.75 bits per heavy atom. The Labute approximate surface area is 82.6 Å². The second-order valence-electron chi connectivity index (χ2n) is 1.30.